The Morgan fingerprint density at radius 1 is 1.02 bits per heavy atom. The van der Waals surface area contributed by atoms with E-state index in [-0.39, 0.29) is 46.0 Å². The summed E-state index contributed by atoms with van der Waals surface area (Å²) in [5.41, 5.74) is -0.273. The van der Waals surface area contributed by atoms with Gasteiger partial charge in [-0.15, -0.1) is 0 Å². The van der Waals surface area contributed by atoms with Crippen LogP contribution in [0.15, 0.2) is 91.1 Å². The monoisotopic (exact) mass is 703 g/mol. The first-order valence-corrected chi connectivity index (χ1v) is 15.4. The fraction of sp³-hybridized carbons (Fsp3) is 0.194. The van der Waals surface area contributed by atoms with Crippen molar-refractivity contribution in [1.29, 1.82) is 0 Å². The molecule has 0 aliphatic carbocycles. The number of hydrogen-bond donors (Lipinski definition) is 4. The van der Waals surface area contributed by atoms with Crippen LogP contribution in [0.25, 0.3) is 22.2 Å². The number of carbonyl (C=O) groups excluding carboxylic acids is 3. The van der Waals surface area contributed by atoms with Crippen molar-refractivity contribution in [2.75, 3.05) is 25.1 Å². The lowest BCUT2D eigenvalue weighted by molar-refractivity contribution is -0.265. The van der Waals surface area contributed by atoms with Crippen molar-refractivity contribution < 1.29 is 46.5 Å². The highest BCUT2D eigenvalue weighted by Crippen LogP contribution is 2.47. The van der Waals surface area contributed by atoms with Crippen LogP contribution in [0.4, 0.5) is 23.2 Å². The van der Waals surface area contributed by atoms with Crippen LogP contribution in [-0.2, 0) is 20.6 Å². The van der Waals surface area contributed by atoms with E-state index in [4.69, 9.17) is 15.2 Å². The maximum Gasteiger partial charge on any atom is 0.424 e. The number of para-hydroxylation sites is 1. The molecular weight excluding hydrogens is 674 g/mol. The van der Waals surface area contributed by atoms with E-state index in [0.717, 1.165) is 18.2 Å². The molecule has 0 fully saturated rings. The summed E-state index contributed by atoms with van der Waals surface area (Å²) in [7, 11) is 0. The highest BCUT2D eigenvalue weighted by Gasteiger charge is 2.57. The Hall–Kier alpha value is -6.09. The maximum atomic E-state index is 14.9. The zero-order chi connectivity index (χ0) is 36.6. The predicted octanol–water partition coefficient (Wildman–Crippen LogP) is 4.77. The number of fused-ring (bicyclic) bond motifs is 2. The number of nitrogens with one attached hydrogen (secondary N) is 2. The highest BCUT2D eigenvalue weighted by atomic mass is 19.4. The molecule has 262 valence electrons. The molecule has 5 aromatic rings. The molecule has 1 aliphatic rings. The summed E-state index contributed by atoms with van der Waals surface area (Å²) in [6.07, 6.45) is -3.96. The smallest absolute Gasteiger partial charge is 0.424 e. The third-order valence-corrected chi connectivity index (χ3v) is 8.48. The van der Waals surface area contributed by atoms with Gasteiger partial charge in [-0.1, -0.05) is 24.3 Å². The Morgan fingerprint density at radius 2 is 1.75 bits per heavy atom. The highest BCUT2D eigenvalue weighted by molar-refractivity contribution is 6.00. The van der Waals surface area contributed by atoms with Gasteiger partial charge in [-0.2, -0.15) is 13.2 Å². The van der Waals surface area contributed by atoms with Crippen molar-refractivity contribution in [3.05, 3.63) is 114 Å². The molecule has 0 spiro atoms. The van der Waals surface area contributed by atoms with Crippen LogP contribution in [0.5, 0.6) is 11.5 Å². The fourth-order valence-electron chi connectivity index (χ4n) is 5.51. The average molecular weight is 704 g/mol. The maximum absolute atomic E-state index is 14.9. The minimum Gasteiger partial charge on any atom is -0.489 e. The van der Waals surface area contributed by atoms with Crippen molar-refractivity contribution in [3.63, 3.8) is 0 Å². The Kier molecular flexibility index (Phi) is 9.08. The van der Waals surface area contributed by atoms with E-state index < -0.39 is 59.6 Å². The van der Waals surface area contributed by atoms with Crippen LogP contribution in [-0.4, -0.2) is 58.7 Å². The van der Waals surface area contributed by atoms with Gasteiger partial charge < -0.3 is 30.9 Å². The number of rotatable bonds is 10. The lowest BCUT2D eigenvalue weighted by Gasteiger charge is -2.31. The number of alkyl halides is 3. The van der Waals surface area contributed by atoms with Gasteiger partial charge in [-0.25, -0.2) is 9.37 Å². The second-order valence-corrected chi connectivity index (χ2v) is 12.0. The summed E-state index contributed by atoms with van der Waals surface area (Å²) in [5, 5.41) is 16.5. The summed E-state index contributed by atoms with van der Waals surface area (Å²) < 4.78 is 69.7. The number of primary amides is 1. The number of hydrogen-bond acceptors (Lipinski definition) is 8. The van der Waals surface area contributed by atoms with Gasteiger partial charge in [0, 0.05) is 34.0 Å². The zero-order valence-corrected chi connectivity index (χ0v) is 26.8. The number of aliphatic hydroxyl groups is 1. The number of ether oxygens (including phenoxy) is 2. The van der Waals surface area contributed by atoms with Crippen molar-refractivity contribution in [1.82, 2.24) is 15.3 Å². The summed E-state index contributed by atoms with van der Waals surface area (Å²) in [6, 6.07) is 19.8. The lowest BCUT2D eigenvalue weighted by atomic mass is 9.81. The minimum atomic E-state index is -5.42. The van der Waals surface area contributed by atoms with Crippen LogP contribution in [0.2, 0.25) is 0 Å². The molecule has 0 radical (unpaired) electrons. The van der Waals surface area contributed by atoms with E-state index in [9.17, 15) is 37.1 Å². The number of aromatic nitrogens is 2. The summed E-state index contributed by atoms with van der Waals surface area (Å²) in [4.78, 5) is 46.8. The zero-order valence-electron chi connectivity index (χ0n) is 26.8. The molecule has 15 heteroatoms. The van der Waals surface area contributed by atoms with Gasteiger partial charge in [0.05, 0.1) is 12.2 Å². The van der Waals surface area contributed by atoms with Crippen LogP contribution >= 0.6 is 0 Å². The first kappa shape index (κ1) is 34.8. The number of nitrogens with zero attached hydrogens (tertiary/aromatic N) is 2. The number of amides is 3. The van der Waals surface area contributed by atoms with E-state index in [1.807, 2.05) is 0 Å². The molecule has 0 bridgehead atoms. The summed E-state index contributed by atoms with van der Waals surface area (Å²) in [6.45, 7) is -0.854. The molecule has 51 heavy (non-hydrogen) atoms. The van der Waals surface area contributed by atoms with Crippen molar-refractivity contribution in [2.45, 2.75) is 24.1 Å². The topological polar surface area (TPSA) is 166 Å². The summed E-state index contributed by atoms with van der Waals surface area (Å²) in [5.74, 6) is -3.15. The minimum absolute atomic E-state index is 0.00232. The van der Waals surface area contributed by atoms with E-state index in [1.165, 1.54) is 37.4 Å². The third-order valence-electron chi connectivity index (χ3n) is 8.48. The number of pyridine rings is 2. The largest absolute Gasteiger partial charge is 0.489 e. The van der Waals surface area contributed by atoms with Crippen molar-refractivity contribution in [2.24, 2.45) is 5.73 Å². The molecule has 0 unspecified atom stereocenters. The van der Waals surface area contributed by atoms with Gasteiger partial charge in [0.15, 0.2) is 6.61 Å². The fourth-order valence-corrected chi connectivity index (χ4v) is 5.51. The molecule has 2 atom stereocenters. The number of nitrogens with two attached hydrogens (primary N) is 1. The van der Waals surface area contributed by atoms with Crippen LogP contribution in [0.1, 0.15) is 28.5 Å². The SMILES string of the molecule is C[C@]1(C(N)=O)COc2c1cc([C@@](O)(CNC(=O)c1cc(OCC(=O)Nc3ccccc3)c3ncccc3c1)C(F)(F)F)nc2-c1ccc(F)cc1. The molecular formula is C36H29F4N5O6. The number of anilines is 1. The lowest BCUT2D eigenvalue weighted by Crippen LogP contribution is -2.51. The van der Waals surface area contributed by atoms with Crippen molar-refractivity contribution in [3.8, 4) is 22.8 Å². The van der Waals surface area contributed by atoms with Crippen LogP contribution < -0.4 is 25.8 Å². The van der Waals surface area contributed by atoms with Gasteiger partial charge in [0.25, 0.3) is 11.8 Å². The Balaban J connectivity index is 1.32. The Labute approximate surface area is 287 Å². The molecule has 5 N–H and O–H groups in total. The Morgan fingerprint density at radius 3 is 2.43 bits per heavy atom. The van der Waals surface area contributed by atoms with Crippen molar-refractivity contribution >= 4 is 34.3 Å². The third kappa shape index (κ3) is 6.75. The van der Waals surface area contributed by atoms with Gasteiger partial charge in [0.2, 0.25) is 11.5 Å². The molecule has 0 saturated carbocycles. The number of carbonyl (C=O) groups is 3. The molecule has 1 aliphatic heterocycles. The Bertz CT molecular complexity index is 2150. The first-order valence-electron chi connectivity index (χ1n) is 15.4. The quantitative estimate of drug-likeness (QED) is 0.151. The molecule has 3 aromatic carbocycles. The van der Waals surface area contributed by atoms with Gasteiger partial charge in [0.1, 0.15) is 40.5 Å². The first-order chi connectivity index (χ1) is 24.2. The van der Waals surface area contributed by atoms with E-state index in [2.05, 4.69) is 20.6 Å². The van der Waals surface area contributed by atoms with Gasteiger partial charge in [-0.3, -0.25) is 19.4 Å². The van der Waals surface area contributed by atoms with Crippen LogP contribution in [0, 0.1) is 5.82 Å². The number of halogens is 4. The second kappa shape index (κ2) is 13.3. The second-order valence-electron chi connectivity index (χ2n) is 12.0. The summed E-state index contributed by atoms with van der Waals surface area (Å²) >= 11 is 0. The molecule has 3 amide bonds. The molecule has 6 rings (SSSR count). The van der Waals surface area contributed by atoms with Gasteiger partial charge in [-0.05, 0) is 67.6 Å². The normalized spacial score (nSPS) is 16.4. The molecule has 3 heterocycles. The van der Waals surface area contributed by atoms with E-state index in [0.29, 0.717) is 11.1 Å². The predicted molar refractivity (Wildman–Crippen MR) is 176 cm³/mol. The van der Waals surface area contributed by atoms with Crippen LogP contribution in [0.3, 0.4) is 0 Å². The van der Waals surface area contributed by atoms with Gasteiger partial charge >= 0.3 is 6.18 Å². The molecule has 0 saturated heterocycles. The standard InChI is InChI=1S/C36H29F4N5O6/c1-34(33(41)48)19-51-31-25(34)16-27(45-30(31)20-9-11-23(37)12-10-20)35(49,36(38,39)40)18-43-32(47)22-14-21-6-5-13-42-29(21)26(15-22)50-17-28(46)44-24-7-3-2-4-8-24/h2-16,49H,17-19H2,1H3,(H2,41,48)(H,43,47)(H,44,46)/t34-,35-/m0/s1. The molecule has 11 nitrogen and oxygen atoms in total. The number of benzene rings is 3. The average Bonchev–Trinajstić information content (AvgIpc) is 3.46. The molecule has 2 aromatic heterocycles. The van der Waals surface area contributed by atoms with E-state index >= 15 is 0 Å². The van der Waals surface area contributed by atoms with E-state index in [1.54, 1.807) is 42.5 Å².